The Balaban J connectivity index is 3.67. The smallest absolute Gasteiger partial charge is 0.452 e. The van der Waals surface area contributed by atoms with E-state index < -0.39 is 72.6 Å². The van der Waals surface area contributed by atoms with Gasteiger partial charge in [-0.15, -0.1) is 0 Å². The highest BCUT2D eigenvalue weighted by atomic mass is 16.6. The second-order valence-electron chi connectivity index (χ2n) is 8.81. The van der Waals surface area contributed by atoms with Gasteiger partial charge in [0.2, 0.25) is 0 Å². The molecule has 1 rings (SSSR count). The standard InChI is InChI=1S/C25H36N3O12/c1-7-35-24(34)27-28-25(11-9-8-10-12-25)26-13-20(37-16(3)30)22(39-18(5)32)23(40-19(6)33)21(38-17(4)31)14-36-15(2)29/h20-23H,7-12,14H2,1-6H3/q+1/b28-27+/t20-,21-,22+,23-/m1/s1. The molecule has 0 aliphatic heterocycles. The lowest BCUT2D eigenvalue weighted by atomic mass is 9.90. The van der Waals surface area contributed by atoms with E-state index in [1.165, 1.54) is 0 Å². The summed E-state index contributed by atoms with van der Waals surface area (Å²) in [6.45, 7) is 6.43. The molecule has 0 spiro atoms. The van der Waals surface area contributed by atoms with Crippen molar-refractivity contribution in [2.75, 3.05) is 13.2 Å². The molecule has 1 aliphatic carbocycles. The Kier molecular flexibility index (Phi) is 14.2. The summed E-state index contributed by atoms with van der Waals surface area (Å²) in [4.78, 5) is 75.7. The van der Waals surface area contributed by atoms with E-state index in [-0.39, 0.29) is 6.61 Å². The van der Waals surface area contributed by atoms with E-state index in [4.69, 9.17) is 28.4 Å². The molecule has 0 heterocycles. The third-order valence-electron chi connectivity index (χ3n) is 5.29. The first-order chi connectivity index (χ1) is 18.8. The van der Waals surface area contributed by atoms with Crippen molar-refractivity contribution in [2.24, 2.45) is 10.2 Å². The molecule has 0 unspecified atom stereocenters. The molecule has 40 heavy (non-hydrogen) atoms. The van der Waals surface area contributed by atoms with Gasteiger partial charge >= 0.3 is 47.7 Å². The molecular formula is C25H36N3O12+. The van der Waals surface area contributed by atoms with Crippen LogP contribution in [0.25, 0.3) is 4.85 Å². The molecule has 1 amide bonds. The first-order valence-electron chi connectivity index (χ1n) is 12.7. The van der Waals surface area contributed by atoms with Crippen LogP contribution < -0.4 is 0 Å². The Labute approximate surface area is 231 Å². The summed E-state index contributed by atoms with van der Waals surface area (Å²) in [6.07, 6.45) is -4.35. The van der Waals surface area contributed by atoms with E-state index in [2.05, 4.69) is 21.1 Å². The van der Waals surface area contributed by atoms with Crippen molar-refractivity contribution in [3.63, 3.8) is 0 Å². The Bertz CT molecular complexity index is 1030. The monoisotopic (exact) mass is 570 g/mol. The summed E-state index contributed by atoms with van der Waals surface area (Å²) < 4.78 is 31.0. The first kappa shape index (κ1) is 33.9. The zero-order valence-electron chi connectivity index (χ0n) is 23.5. The Hall–Kier alpha value is -4.09. The molecule has 0 aromatic heterocycles. The molecule has 0 N–H and O–H groups in total. The zero-order chi connectivity index (χ0) is 30.3. The van der Waals surface area contributed by atoms with Gasteiger partial charge in [0.15, 0.2) is 18.3 Å². The summed E-state index contributed by atoms with van der Waals surface area (Å²) in [5.74, 6) is -4.19. The van der Waals surface area contributed by atoms with Gasteiger partial charge in [0.1, 0.15) is 6.61 Å². The lowest BCUT2D eigenvalue weighted by Gasteiger charge is -2.32. The van der Waals surface area contributed by atoms with E-state index in [0.29, 0.717) is 25.7 Å². The van der Waals surface area contributed by atoms with Crippen molar-refractivity contribution in [2.45, 2.75) is 104 Å². The molecule has 0 bridgehead atoms. The fourth-order valence-corrected chi connectivity index (χ4v) is 3.82. The predicted molar refractivity (Wildman–Crippen MR) is 134 cm³/mol. The number of amides is 1. The summed E-state index contributed by atoms with van der Waals surface area (Å²) in [5.41, 5.74) is -1.27. The zero-order valence-corrected chi connectivity index (χ0v) is 23.5. The molecule has 15 heteroatoms. The van der Waals surface area contributed by atoms with Gasteiger partial charge in [-0.2, -0.15) is 0 Å². The number of hydrogen-bond donors (Lipinski definition) is 0. The Morgan fingerprint density at radius 2 is 1.30 bits per heavy atom. The number of rotatable bonds is 11. The van der Waals surface area contributed by atoms with Crippen molar-refractivity contribution >= 4 is 35.9 Å². The molecule has 15 nitrogen and oxygen atoms in total. The number of carbonyl (C=O) groups is 6. The summed E-state index contributed by atoms with van der Waals surface area (Å²) in [5, 5.41) is 7.66. The SMILES string of the molecule is CCOC(=O)/N=N/C1([N+]#C[C@@H](OC(C)=O)[C@H](OC(C)=O)[C@H](OC(C)=O)[C@@H](COC(C)=O)OC(C)=O)CCCCC1. The second-order valence-corrected chi connectivity index (χ2v) is 8.81. The Morgan fingerprint density at radius 1 is 0.750 bits per heavy atom. The van der Waals surface area contributed by atoms with Crippen LogP contribution >= 0.6 is 0 Å². The maximum absolute atomic E-state index is 12.1. The van der Waals surface area contributed by atoms with Crippen LogP contribution in [0.5, 0.6) is 0 Å². The highest BCUT2D eigenvalue weighted by Crippen LogP contribution is 2.34. The normalized spacial score (nSPS) is 17.1. The third kappa shape index (κ3) is 12.6. The van der Waals surface area contributed by atoms with Gasteiger partial charge in [-0.25, -0.2) is 4.79 Å². The van der Waals surface area contributed by atoms with Crippen LogP contribution in [0.2, 0.25) is 0 Å². The van der Waals surface area contributed by atoms with E-state index in [1.807, 2.05) is 0 Å². The molecule has 4 atom stereocenters. The number of ether oxygens (including phenoxy) is 6. The number of carbonyl (C=O) groups excluding carboxylic acids is 6. The predicted octanol–water partition coefficient (Wildman–Crippen LogP) is 2.88. The minimum absolute atomic E-state index is 0.0905. The van der Waals surface area contributed by atoms with Crippen LogP contribution in [-0.2, 0) is 52.4 Å². The second kappa shape index (κ2) is 16.8. The molecule has 0 aromatic rings. The molecular weight excluding hydrogens is 534 g/mol. The highest BCUT2D eigenvalue weighted by molar-refractivity contribution is 5.70. The topological polar surface area (TPSA) is 187 Å². The Morgan fingerprint density at radius 3 is 1.80 bits per heavy atom. The van der Waals surface area contributed by atoms with Gasteiger partial charge in [0, 0.05) is 34.6 Å². The van der Waals surface area contributed by atoms with E-state index in [0.717, 1.165) is 41.0 Å². The average Bonchev–Trinajstić information content (AvgIpc) is 2.85. The minimum Gasteiger partial charge on any atom is -0.462 e. The minimum atomic E-state index is -1.67. The molecule has 1 saturated carbocycles. The van der Waals surface area contributed by atoms with Gasteiger partial charge in [-0.1, -0.05) is 16.6 Å². The van der Waals surface area contributed by atoms with Crippen LogP contribution in [0.4, 0.5) is 4.79 Å². The van der Waals surface area contributed by atoms with Crippen LogP contribution in [0.15, 0.2) is 10.2 Å². The highest BCUT2D eigenvalue weighted by Gasteiger charge is 2.48. The van der Waals surface area contributed by atoms with Gasteiger partial charge in [0.05, 0.1) is 19.4 Å². The van der Waals surface area contributed by atoms with Crippen LogP contribution in [0, 0.1) is 6.07 Å². The van der Waals surface area contributed by atoms with E-state index in [1.54, 1.807) is 6.92 Å². The van der Waals surface area contributed by atoms with Crippen LogP contribution in [0.3, 0.4) is 0 Å². The molecule has 0 saturated heterocycles. The van der Waals surface area contributed by atoms with E-state index in [9.17, 15) is 28.8 Å². The van der Waals surface area contributed by atoms with Gasteiger partial charge in [-0.05, 0) is 24.6 Å². The van der Waals surface area contributed by atoms with Crippen molar-refractivity contribution in [3.8, 4) is 6.07 Å². The van der Waals surface area contributed by atoms with E-state index >= 15 is 0 Å². The van der Waals surface area contributed by atoms with Crippen molar-refractivity contribution in [1.29, 1.82) is 0 Å². The largest absolute Gasteiger partial charge is 0.462 e. The van der Waals surface area contributed by atoms with Gasteiger partial charge in [0.25, 0.3) is 6.10 Å². The number of esters is 5. The lowest BCUT2D eigenvalue weighted by molar-refractivity contribution is -0.198. The first-order valence-corrected chi connectivity index (χ1v) is 12.7. The fourth-order valence-electron chi connectivity index (χ4n) is 3.82. The maximum Gasteiger partial charge on any atom is 0.452 e. The number of azo groups is 1. The average molecular weight is 571 g/mol. The number of nitrogens with zero attached hydrogens (tertiary/aromatic N) is 3. The quantitative estimate of drug-likeness (QED) is 0.201. The fraction of sp³-hybridized carbons (Fsp3) is 0.720. The van der Waals surface area contributed by atoms with Gasteiger partial charge in [-0.3, -0.25) is 24.0 Å². The van der Waals surface area contributed by atoms with Crippen LogP contribution in [-0.4, -0.2) is 79.2 Å². The van der Waals surface area contributed by atoms with Gasteiger partial charge < -0.3 is 28.4 Å². The lowest BCUT2D eigenvalue weighted by Crippen LogP contribution is -2.52. The molecule has 1 fully saturated rings. The maximum atomic E-state index is 12.1. The molecule has 0 radical (unpaired) electrons. The summed E-state index contributed by atoms with van der Waals surface area (Å²) >= 11 is 0. The van der Waals surface area contributed by atoms with Crippen molar-refractivity contribution in [1.82, 2.24) is 0 Å². The third-order valence-corrected chi connectivity index (χ3v) is 5.29. The van der Waals surface area contributed by atoms with Crippen molar-refractivity contribution in [3.05, 3.63) is 4.85 Å². The number of hydrogen-bond acceptors (Lipinski definition) is 13. The summed E-state index contributed by atoms with van der Waals surface area (Å²) in [7, 11) is 0. The van der Waals surface area contributed by atoms with Crippen LogP contribution in [0.1, 0.15) is 73.6 Å². The summed E-state index contributed by atoms with van der Waals surface area (Å²) in [6, 6.07) is 2.61. The molecule has 222 valence electrons. The molecule has 0 aromatic carbocycles. The van der Waals surface area contributed by atoms with Crippen molar-refractivity contribution < 1.29 is 57.2 Å². The molecule has 1 aliphatic rings.